The van der Waals surface area contributed by atoms with Crippen molar-refractivity contribution < 1.29 is 13.6 Å². The molecule has 1 heterocycles. The molecule has 1 aliphatic heterocycles. The highest BCUT2D eigenvalue weighted by Crippen LogP contribution is 2.62. The van der Waals surface area contributed by atoms with E-state index >= 15 is 0 Å². The van der Waals surface area contributed by atoms with Crippen molar-refractivity contribution >= 4 is 7.75 Å². The van der Waals surface area contributed by atoms with Crippen LogP contribution in [0.3, 0.4) is 0 Å². The van der Waals surface area contributed by atoms with Gasteiger partial charge in [-0.15, -0.1) is 0 Å². The molecule has 0 radical (unpaired) electrons. The molecular formula is C11H24NO3P. The van der Waals surface area contributed by atoms with E-state index in [1.54, 1.807) is 4.67 Å². The summed E-state index contributed by atoms with van der Waals surface area (Å²) in [5, 5.41) is 0. The Morgan fingerprint density at radius 3 is 1.75 bits per heavy atom. The zero-order chi connectivity index (χ0) is 12.6. The van der Waals surface area contributed by atoms with Gasteiger partial charge in [0.05, 0.1) is 11.2 Å². The lowest BCUT2D eigenvalue weighted by atomic mass is 9.93. The Morgan fingerprint density at radius 2 is 1.44 bits per heavy atom. The molecule has 5 heteroatoms. The summed E-state index contributed by atoms with van der Waals surface area (Å²) in [6.45, 7) is 13.1. The Bertz CT molecular complexity index is 278. The average molecular weight is 249 g/mol. The molecule has 0 saturated carbocycles. The molecule has 96 valence electrons. The van der Waals surface area contributed by atoms with Gasteiger partial charge in [-0.1, -0.05) is 13.8 Å². The highest BCUT2D eigenvalue weighted by Gasteiger charge is 2.49. The van der Waals surface area contributed by atoms with E-state index in [-0.39, 0.29) is 0 Å². The Balaban J connectivity index is 3.00. The molecule has 0 aromatic rings. The maximum Gasteiger partial charge on any atom is 0.409 e. The Hall–Kier alpha value is 0.110. The summed E-state index contributed by atoms with van der Waals surface area (Å²) < 4.78 is 25.9. The van der Waals surface area contributed by atoms with Gasteiger partial charge in [-0.3, -0.25) is 9.05 Å². The number of hydrogen-bond acceptors (Lipinski definition) is 3. The molecule has 0 bridgehead atoms. The van der Waals surface area contributed by atoms with Crippen LogP contribution in [0.5, 0.6) is 0 Å². The van der Waals surface area contributed by atoms with Crippen LogP contribution < -0.4 is 0 Å². The maximum absolute atomic E-state index is 12.7. The van der Waals surface area contributed by atoms with E-state index in [0.717, 1.165) is 6.42 Å². The lowest BCUT2D eigenvalue weighted by Gasteiger charge is -2.46. The zero-order valence-electron chi connectivity index (χ0n) is 11.2. The normalized spacial score (nSPS) is 26.9. The summed E-state index contributed by atoms with van der Waals surface area (Å²) in [7, 11) is -3.13. The minimum Gasteiger partial charge on any atom is -0.290 e. The van der Waals surface area contributed by atoms with Crippen molar-refractivity contribution in [3.8, 4) is 0 Å². The van der Waals surface area contributed by atoms with Crippen molar-refractivity contribution in [1.29, 1.82) is 0 Å². The van der Waals surface area contributed by atoms with Gasteiger partial charge in [0.25, 0.3) is 0 Å². The van der Waals surface area contributed by atoms with Crippen LogP contribution in [0.25, 0.3) is 0 Å². The molecule has 1 saturated heterocycles. The predicted molar refractivity (Wildman–Crippen MR) is 65.5 cm³/mol. The number of hydrogen-bond donors (Lipinski definition) is 0. The molecule has 1 aliphatic rings. The predicted octanol–water partition coefficient (Wildman–Crippen LogP) is 3.43. The fraction of sp³-hybridized carbons (Fsp3) is 1.00. The van der Waals surface area contributed by atoms with Crippen molar-refractivity contribution in [2.24, 2.45) is 0 Å². The highest BCUT2D eigenvalue weighted by molar-refractivity contribution is 7.51. The molecule has 0 atom stereocenters. The van der Waals surface area contributed by atoms with E-state index in [1.807, 2.05) is 41.5 Å². The maximum atomic E-state index is 12.7. The third kappa shape index (κ3) is 3.07. The Morgan fingerprint density at radius 1 is 1.06 bits per heavy atom. The van der Waals surface area contributed by atoms with Gasteiger partial charge < -0.3 is 0 Å². The molecular weight excluding hydrogens is 225 g/mol. The second-order valence-corrected chi connectivity index (χ2v) is 7.35. The molecule has 0 N–H and O–H groups in total. The number of rotatable bonds is 3. The standard InChI is InChI=1S/C11H24NO3P/c1-7-12(8-2)16(13)14-10(3,4)9-11(5,6)15-16/h7-9H2,1-6H3. The summed E-state index contributed by atoms with van der Waals surface area (Å²) in [4.78, 5) is 0. The first-order valence-electron chi connectivity index (χ1n) is 5.91. The van der Waals surface area contributed by atoms with E-state index in [9.17, 15) is 4.57 Å². The summed E-state index contributed by atoms with van der Waals surface area (Å²) in [5.74, 6) is 0. The van der Waals surface area contributed by atoms with Crippen molar-refractivity contribution in [3.05, 3.63) is 0 Å². The smallest absolute Gasteiger partial charge is 0.290 e. The molecule has 16 heavy (non-hydrogen) atoms. The van der Waals surface area contributed by atoms with Crippen LogP contribution in [0.15, 0.2) is 0 Å². The zero-order valence-corrected chi connectivity index (χ0v) is 12.1. The Kier molecular flexibility index (Phi) is 3.91. The van der Waals surface area contributed by atoms with Crippen LogP contribution in [0.2, 0.25) is 0 Å². The molecule has 1 rings (SSSR count). The molecule has 1 fully saturated rings. The topological polar surface area (TPSA) is 38.8 Å². The average Bonchev–Trinajstić information content (AvgIpc) is 1.97. The van der Waals surface area contributed by atoms with Crippen LogP contribution in [0, 0.1) is 0 Å². The van der Waals surface area contributed by atoms with Gasteiger partial charge in [0.2, 0.25) is 0 Å². The van der Waals surface area contributed by atoms with Crippen molar-refractivity contribution in [2.45, 2.75) is 59.2 Å². The number of nitrogens with zero attached hydrogens (tertiary/aromatic N) is 1. The van der Waals surface area contributed by atoms with Gasteiger partial charge in [0, 0.05) is 19.5 Å². The minimum atomic E-state index is -3.13. The van der Waals surface area contributed by atoms with E-state index < -0.39 is 18.9 Å². The minimum absolute atomic E-state index is 0.403. The first-order valence-corrected chi connectivity index (χ1v) is 7.41. The van der Waals surface area contributed by atoms with E-state index in [4.69, 9.17) is 9.05 Å². The van der Waals surface area contributed by atoms with Gasteiger partial charge in [-0.05, 0) is 27.7 Å². The molecule has 0 unspecified atom stereocenters. The fourth-order valence-corrected chi connectivity index (χ4v) is 4.76. The second kappa shape index (κ2) is 4.41. The molecule has 0 spiro atoms. The lowest BCUT2D eigenvalue weighted by molar-refractivity contribution is -0.0753. The van der Waals surface area contributed by atoms with Crippen molar-refractivity contribution in [2.75, 3.05) is 13.1 Å². The van der Waals surface area contributed by atoms with Crippen LogP contribution in [0.4, 0.5) is 0 Å². The van der Waals surface area contributed by atoms with Gasteiger partial charge >= 0.3 is 7.75 Å². The van der Waals surface area contributed by atoms with E-state index in [1.165, 1.54) is 0 Å². The largest absolute Gasteiger partial charge is 0.409 e. The summed E-state index contributed by atoms with van der Waals surface area (Å²) in [6.07, 6.45) is 0.741. The lowest BCUT2D eigenvalue weighted by Crippen LogP contribution is -2.44. The van der Waals surface area contributed by atoms with Crippen LogP contribution in [-0.2, 0) is 13.6 Å². The summed E-state index contributed by atoms with van der Waals surface area (Å²) >= 11 is 0. The third-order valence-electron chi connectivity index (χ3n) is 2.65. The molecule has 0 amide bonds. The SMILES string of the molecule is CCN(CC)P1(=O)OC(C)(C)CC(C)(C)O1. The van der Waals surface area contributed by atoms with Crippen molar-refractivity contribution in [1.82, 2.24) is 4.67 Å². The van der Waals surface area contributed by atoms with Crippen LogP contribution in [-0.4, -0.2) is 29.0 Å². The highest BCUT2D eigenvalue weighted by atomic mass is 31.2. The van der Waals surface area contributed by atoms with E-state index in [2.05, 4.69) is 0 Å². The van der Waals surface area contributed by atoms with Crippen LogP contribution in [0.1, 0.15) is 48.0 Å². The Labute approximate surface area is 98.9 Å². The fourth-order valence-electron chi connectivity index (χ4n) is 2.42. The second-order valence-electron chi connectivity index (χ2n) is 5.49. The van der Waals surface area contributed by atoms with E-state index in [0.29, 0.717) is 13.1 Å². The van der Waals surface area contributed by atoms with Gasteiger partial charge in [0.1, 0.15) is 0 Å². The molecule has 0 aromatic carbocycles. The van der Waals surface area contributed by atoms with Crippen molar-refractivity contribution in [3.63, 3.8) is 0 Å². The summed E-state index contributed by atoms with van der Waals surface area (Å²) in [5.41, 5.74) is -0.806. The molecule has 0 aliphatic carbocycles. The van der Waals surface area contributed by atoms with Gasteiger partial charge in [-0.2, -0.15) is 0 Å². The monoisotopic (exact) mass is 249 g/mol. The summed E-state index contributed by atoms with van der Waals surface area (Å²) in [6, 6.07) is 0. The first-order chi connectivity index (χ1) is 7.14. The van der Waals surface area contributed by atoms with Gasteiger partial charge in [0.15, 0.2) is 0 Å². The quantitative estimate of drug-likeness (QED) is 0.718. The third-order valence-corrected chi connectivity index (χ3v) is 5.36. The molecule has 4 nitrogen and oxygen atoms in total. The van der Waals surface area contributed by atoms with Gasteiger partial charge in [-0.25, -0.2) is 9.24 Å². The molecule has 0 aromatic heterocycles. The first kappa shape index (κ1) is 14.2. The van der Waals surface area contributed by atoms with Crippen LogP contribution >= 0.6 is 7.75 Å².